The van der Waals surface area contributed by atoms with Crippen molar-refractivity contribution in [3.8, 4) is 0 Å². The molecule has 0 aliphatic heterocycles. The van der Waals surface area contributed by atoms with Crippen LogP contribution in [0.2, 0.25) is 0 Å². The molecule has 120 valence electrons. The fraction of sp³-hybridized carbons (Fsp3) is 0.556. The Labute approximate surface area is 131 Å². The summed E-state index contributed by atoms with van der Waals surface area (Å²) in [5.74, 6) is -4.42. The molecule has 0 saturated heterocycles. The number of hydrogen-bond acceptors (Lipinski definition) is 2. The highest BCUT2D eigenvalue weighted by Gasteiger charge is 2.48. The van der Waals surface area contributed by atoms with Gasteiger partial charge in [0, 0.05) is 0 Å². The van der Waals surface area contributed by atoms with Crippen LogP contribution in [-0.2, 0) is 9.59 Å². The van der Waals surface area contributed by atoms with Gasteiger partial charge in [-0.25, -0.2) is 0 Å². The second kappa shape index (κ2) is 5.41. The van der Waals surface area contributed by atoms with Crippen molar-refractivity contribution in [2.45, 2.75) is 53.4 Å². The van der Waals surface area contributed by atoms with Gasteiger partial charge in [0.2, 0.25) is 0 Å². The number of aliphatic carboxylic acids is 2. The summed E-state index contributed by atoms with van der Waals surface area (Å²) in [6.07, 6.45) is 0. The smallest absolute Gasteiger partial charge is 0.308 e. The topological polar surface area (TPSA) is 74.6 Å². The lowest BCUT2D eigenvalue weighted by Gasteiger charge is -2.40. The Morgan fingerprint density at radius 1 is 0.682 bits per heavy atom. The lowest BCUT2D eigenvalue weighted by Crippen LogP contribution is -2.41. The molecule has 22 heavy (non-hydrogen) atoms. The molecule has 1 aromatic carbocycles. The Bertz CT molecular complexity index is 603. The van der Waals surface area contributed by atoms with Crippen molar-refractivity contribution in [2.75, 3.05) is 0 Å². The zero-order valence-corrected chi connectivity index (χ0v) is 14.0. The minimum absolute atomic E-state index is 0.303. The average Bonchev–Trinajstić information content (AvgIpc) is 2.43. The first-order valence-corrected chi connectivity index (χ1v) is 7.66. The third kappa shape index (κ3) is 2.13. The molecular weight excluding hydrogens is 280 g/mol. The zero-order valence-electron chi connectivity index (χ0n) is 14.0. The van der Waals surface area contributed by atoms with E-state index >= 15 is 0 Å². The molecule has 1 aliphatic carbocycles. The molecule has 0 fully saturated rings. The SMILES string of the molecule is Cc1c(C)c(C)c2c(c1C)C(C)C(C(=O)O)C(C(=O)O)C2C. The van der Waals surface area contributed by atoms with Gasteiger partial charge in [-0.1, -0.05) is 13.8 Å². The van der Waals surface area contributed by atoms with E-state index in [-0.39, 0.29) is 11.8 Å². The summed E-state index contributed by atoms with van der Waals surface area (Å²) in [5.41, 5.74) is 6.64. The van der Waals surface area contributed by atoms with Crippen LogP contribution in [0.15, 0.2) is 0 Å². The van der Waals surface area contributed by atoms with Gasteiger partial charge in [0.05, 0.1) is 11.8 Å². The zero-order chi connectivity index (χ0) is 16.9. The van der Waals surface area contributed by atoms with Gasteiger partial charge >= 0.3 is 11.9 Å². The second-order valence-electron chi connectivity index (χ2n) is 6.63. The Balaban J connectivity index is 2.84. The van der Waals surface area contributed by atoms with E-state index in [2.05, 4.69) is 0 Å². The van der Waals surface area contributed by atoms with Crippen LogP contribution in [0.4, 0.5) is 0 Å². The maximum atomic E-state index is 11.7. The van der Waals surface area contributed by atoms with Crippen molar-refractivity contribution in [2.24, 2.45) is 11.8 Å². The van der Waals surface area contributed by atoms with Crippen molar-refractivity contribution >= 4 is 11.9 Å². The minimum atomic E-state index is -1.02. The maximum Gasteiger partial charge on any atom is 0.308 e. The Hall–Kier alpha value is -1.84. The molecule has 0 heterocycles. The van der Waals surface area contributed by atoms with E-state index in [1.54, 1.807) is 0 Å². The molecule has 4 nitrogen and oxygen atoms in total. The summed E-state index contributed by atoms with van der Waals surface area (Å²) in [6.45, 7) is 11.8. The molecule has 0 saturated carbocycles. The van der Waals surface area contributed by atoms with Gasteiger partial charge in [0.1, 0.15) is 0 Å². The van der Waals surface area contributed by atoms with Crippen molar-refractivity contribution in [1.29, 1.82) is 0 Å². The first-order chi connectivity index (χ1) is 10.1. The van der Waals surface area contributed by atoms with E-state index in [9.17, 15) is 19.8 Å². The second-order valence-corrected chi connectivity index (χ2v) is 6.63. The number of rotatable bonds is 2. The van der Waals surface area contributed by atoms with Crippen LogP contribution in [0.5, 0.6) is 0 Å². The Kier molecular flexibility index (Phi) is 4.07. The lowest BCUT2D eigenvalue weighted by molar-refractivity contribution is -0.156. The van der Waals surface area contributed by atoms with Crippen molar-refractivity contribution in [3.05, 3.63) is 33.4 Å². The number of carbonyl (C=O) groups is 2. The van der Waals surface area contributed by atoms with E-state index in [1.165, 1.54) is 11.1 Å². The van der Waals surface area contributed by atoms with Gasteiger partial charge in [0.25, 0.3) is 0 Å². The van der Waals surface area contributed by atoms with E-state index in [0.717, 1.165) is 22.3 Å². The molecule has 4 atom stereocenters. The number of benzene rings is 1. The molecular formula is C18H24O4. The van der Waals surface area contributed by atoms with Crippen molar-refractivity contribution < 1.29 is 19.8 Å². The summed E-state index contributed by atoms with van der Waals surface area (Å²) in [7, 11) is 0. The highest BCUT2D eigenvalue weighted by atomic mass is 16.4. The molecule has 4 heteroatoms. The summed E-state index contributed by atoms with van der Waals surface area (Å²) < 4.78 is 0. The maximum absolute atomic E-state index is 11.7. The van der Waals surface area contributed by atoms with Gasteiger partial charge in [-0.15, -0.1) is 0 Å². The molecule has 0 aromatic heterocycles. The predicted molar refractivity (Wildman–Crippen MR) is 84.5 cm³/mol. The Morgan fingerprint density at radius 2 is 0.955 bits per heavy atom. The van der Waals surface area contributed by atoms with Gasteiger partial charge in [-0.05, 0) is 72.9 Å². The van der Waals surface area contributed by atoms with Crippen molar-refractivity contribution in [3.63, 3.8) is 0 Å². The van der Waals surface area contributed by atoms with Gasteiger partial charge < -0.3 is 10.2 Å². The first-order valence-electron chi connectivity index (χ1n) is 7.66. The molecule has 0 bridgehead atoms. The first kappa shape index (κ1) is 16.5. The minimum Gasteiger partial charge on any atom is -0.481 e. The number of carboxylic acids is 2. The van der Waals surface area contributed by atoms with Crippen LogP contribution in [-0.4, -0.2) is 22.2 Å². The van der Waals surface area contributed by atoms with E-state index < -0.39 is 23.8 Å². The fourth-order valence-corrected chi connectivity index (χ4v) is 4.26. The van der Waals surface area contributed by atoms with E-state index in [1.807, 2.05) is 41.5 Å². The normalized spacial score (nSPS) is 27.4. The van der Waals surface area contributed by atoms with E-state index in [4.69, 9.17) is 0 Å². The van der Waals surface area contributed by atoms with Crippen LogP contribution in [0, 0.1) is 39.5 Å². The summed E-state index contributed by atoms with van der Waals surface area (Å²) >= 11 is 0. The molecule has 1 aromatic rings. The summed E-state index contributed by atoms with van der Waals surface area (Å²) in [6, 6.07) is 0. The average molecular weight is 304 g/mol. The molecule has 0 amide bonds. The molecule has 4 unspecified atom stereocenters. The molecule has 0 radical (unpaired) electrons. The van der Waals surface area contributed by atoms with Crippen molar-refractivity contribution in [1.82, 2.24) is 0 Å². The molecule has 2 N–H and O–H groups in total. The predicted octanol–water partition coefficient (Wildman–Crippen LogP) is 3.54. The lowest BCUT2D eigenvalue weighted by atomic mass is 9.62. The summed E-state index contributed by atoms with van der Waals surface area (Å²) in [5, 5.41) is 19.2. The summed E-state index contributed by atoms with van der Waals surface area (Å²) in [4.78, 5) is 23.4. The highest BCUT2D eigenvalue weighted by molar-refractivity contribution is 5.83. The van der Waals surface area contributed by atoms with Crippen LogP contribution in [0.3, 0.4) is 0 Å². The van der Waals surface area contributed by atoms with Crippen LogP contribution < -0.4 is 0 Å². The quantitative estimate of drug-likeness (QED) is 0.876. The van der Waals surface area contributed by atoms with Crippen LogP contribution >= 0.6 is 0 Å². The third-order valence-corrected chi connectivity index (χ3v) is 5.73. The van der Waals surface area contributed by atoms with Gasteiger partial charge in [-0.3, -0.25) is 9.59 Å². The molecule has 0 spiro atoms. The van der Waals surface area contributed by atoms with E-state index in [0.29, 0.717) is 0 Å². The van der Waals surface area contributed by atoms with Crippen LogP contribution in [0.1, 0.15) is 59.1 Å². The Morgan fingerprint density at radius 3 is 1.18 bits per heavy atom. The molecule has 2 rings (SSSR count). The van der Waals surface area contributed by atoms with Gasteiger partial charge in [0.15, 0.2) is 0 Å². The highest BCUT2D eigenvalue weighted by Crippen LogP contribution is 2.50. The largest absolute Gasteiger partial charge is 0.481 e. The fourth-order valence-electron chi connectivity index (χ4n) is 4.26. The standard InChI is InChI=1S/C18H24O4/c1-7-8(2)10(4)14-12(6)16(18(21)22)15(17(19)20)11(5)13(14)9(7)3/h11-12,15-16H,1-6H3,(H,19,20)(H,21,22). The number of fused-ring (bicyclic) bond motifs is 1. The molecule has 1 aliphatic rings. The van der Waals surface area contributed by atoms with Gasteiger partial charge in [-0.2, -0.15) is 0 Å². The van der Waals surface area contributed by atoms with Crippen LogP contribution in [0.25, 0.3) is 0 Å². The third-order valence-electron chi connectivity index (χ3n) is 5.73. The monoisotopic (exact) mass is 304 g/mol. The number of hydrogen-bond donors (Lipinski definition) is 2. The number of carboxylic acid groups (broad SMARTS) is 2.